The highest BCUT2D eigenvalue weighted by atomic mass is 35.5. The monoisotopic (exact) mass is 478 g/mol. The molecule has 0 saturated carbocycles. The fraction of sp³-hybridized carbons (Fsp3) is 0.238. The van der Waals surface area contributed by atoms with Crippen molar-refractivity contribution in [3.63, 3.8) is 0 Å². The Hall–Kier alpha value is -2.55. The number of benzene rings is 1. The van der Waals surface area contributed by atoms with E-state index in [1.54, 1.807) is 43.5 Å². The number of aryl methyl sites for hydroxylation is 1. The third-order valence-corrected chi connectivity index (χ3v) is 5.93. The molecule has 2 amide bonds. The fourth-order valence-electron chi connectivity index (χ4n) is 2.76. The molecule has 7 nitrogen and oxygen atoms in total. The molecule has 10 heteroatoms. The van der Waals surface area contributed by atoms with Gasteiger partial charge in [0.1, 0.15) is 17.3 Å². The Morgan fingerprint density at radius 1 is 1.19 bits per heavy atom. The number of carbonyl (C=O) groups excluding carboxylic acids is 2. The van der Waals surface area contributed by atoms with E-state index in [1.165, 1.54) is 16.7 Å². The van der Waals surface area contributed by atoms with Crippen molar-refractivity contribution in [3.05, 3.63) is 69.7 Å². The second-order valence-electron chi connectivity index (χ2n) is 6.54. The number of anilines is 1. The maximum atomic E-state index is 13.1. The van der Waals surface area contributed by atoms with Gasteiger partial charge in [0, 0.05) is 24.6 Å². The van der Waals surface area contributed by atoms with Crippen molar-refractivity contribution in [1.82, 2.24) is 15.0 Å². The topological polar surface area (TPSA) is 88.3 Å². The van der Waals surface area contributed by atoms with Gasteiger partial charge in [-0.05, 0) is 38.1 Å². The van der Waals surface area contributed by atoms with E-state index in [-0.39, 0.29) is 12.5 Å². The van der Waals surface area contributed by atoms with Crippen LogP contribution in [-0.2, 0) is 10.5 Å². The summed E-state index contributed by atoms with van der Waals surface area (Å²) in [4.78, 5) is 31.5. The minimum absolute atomic E-state index is 0.154. The van der Waals surface area contributed by atoms with Gasteiger partial charge in [-0.3, -0.25) is 9.59 Å². The van der Waals surface area contributed by atoms with Gasteiger partial charge in [0.05, 0.1) is 27.0 Å². The highest BCUT2D eigenvalue weighted by Gasteiger charge is 2.22. The van der Waals surface area contributed by atoms with Gasteiger partial charge >= 0.3 is 0 Å². The number of thioether (sulfide) groups is 1. The maximum absolute atomic E-state index is 13.1. The number of pyridine rings is 1. The molecule has 0 fully saturated rings. The van der Waals surface area contributed by atoms with Crippen LogP contribution in [0.25, 0.3) is 0 Å². The van der Waals surface area contributed by atoms with Gasteiger partial charge in [0.2, 0.25) is 5.91 Å². The van der Waals surface area contributed by atoms with Crippen LogP contribution in [0.2, 0.25) is 10.0 Å². The van der Waals surface area contributed by atoms with Gasteiger partial charge in [0.15, 0.2) is 0 Å². The molecule has 0 aliphatic heterocycles. The molecule has 0 unspecified atom stereocenters. The molecule has 3 aromatic rings. The predicted molar refractivity (Wildman–Crippen MR) is 122 cm³/mol. The molecule has 0 atom stereocenters. The third kappa shape index (κ3) is 6.00. The number of para-hydroxylation sites is 1. The summed E-state index contributed by atoms with van der Waals surface area (Å²) in [5, 5.41) is 7.84. The first-order valence-corrected chi connectivity index (χ1v) is 11.2. The second-order valence-corrected chi connectivity index (χ2v) is 8.32. The Morgan fingerprint density at radius 2 is 1.94 bits per heavy atom. The molecular formula is C21H20Cl2N4O3S. The molecule has 1 aromatic carbocycles. The lowest BCUT2D eigenvalue weighted by molar-refractivity contribution is -0.116. The first kappa shape index (κ1) is 23.1. The summed E-state index contributed by atoms with van der Waals surface area (Å²) in [5.41, 5.74) is 1.49. The number of hydrogen-bond donors (Lipinski definition) is 1. The lowest BCUT2D eigenvalue weighted by Crippen LogP contribution is -2.38. The number of likely N-dealkylation sites (N-methyl/N-ethyl adjacent to an activating group) is 1. The smallest absolute Gasteiger partial charge is 0.257 e. The molecule has 0 aliphatic rings. The number of hydrogen-bond acceptors (Lipinski definition) is 6. The first-order valence-electron chi connectivity index (χ1n) is 9.42. The number of nitrogens with one attached hydrogen (secondary N) is 1. The predicted octanol–water partition coefficient (Wildman–Crippen LogP) is 5.08. The Balaban J connectivity index is 1.70. The molecule has 31 heavy (non-hydrogen) atoms. The molecule has 0 saturated heterocycles. The van der Waals surface area contributed by atoms with Crippen LogP contribution in [0.1, 0.15) is 28.7 Å². The third-order valence-electron chi connectivity index (χ3n) is 4.27. The number of aromatic nitrogens is 2. The minimum atomic E-state index is -0.402. The van der Waals surface area contributed by atoms with Crippen LogP contribution in [0.5, 0.6) is 0 Å². The highest BCUT2D eigenvalue weighted by Crippen LogP contribution is 2.30. The summed E-state index contributed by atoms with van der Waals surface area (Å²) in [6, 6.07) is 10.2. The molecule has 162 valence electrons. The molecule has 1 N–H and O–H groups in total. The van der Waals surface area contributed by atoms with E-state index in [4.69, 9.17) is 27.7 Å². The first-order chi connectivity index (χ1) is 14.9. The van der Waals surface area contributed by atoms with E-state index < -0.39 is 5.91 Å². The molecule has 0 radical (unpaired) electrons. The lowest BCUT2D eigenvalue weighted by Gasteiger charge is -2.21. The molecule has 0 aliphatic carbocycles. The molecule has 3 rings (SSSR count). The van der Waals surface area contributed by atoms with Crippen LogP contribution in [0, 0.1) is 6.92 Å². The zero-order chi connectivity index (χ0) is 22.4. The zero-order valence-corrected chi connectivity index (χ0v) is 19.2. The van der Waals surface area contributed by atoms with E-state index in [2.05, 4.69) is 15.5 Å². The van der Waals surface area contributed by atoms with E-state index in [9.17, 15) is 9.59 Å². The van der Waals surface area contributed by atoms with Crippen molar-refractivity contribution in [1.29, 1.82) is 0 Å². The standard InChI is InChI=1S/C21H20Cl2N4O3S/c1-3-27(11-18(28)25-19-16(22)7-4-8-17(19)23)21(29)15-6-5-9-24-20(15)31-12-14-10-13(2)30-26-14/h4-10H,3,11-12H2,1-2H3,(H,25,28). The van der Waals surface area contributed by atoms with E-state index in [0.717, 1.165) is 11.5 Å². The largest absolute Gasteiger partial charge is 0.361 e. The van der Waals surface area contributed by atoms with Crippen molar-refractivity contribution >= 4 is 52.5 Å². The average molecular weight is 479 g/mol. The van der Waals surface area contributed by atoms with Crippen LogP contribution >= 0.6 is 35.0 Å². The number of amides is 2. The minimum Gasteiger partial charge on any atom is -0.361 e. The molecule has 0 spiro atoms. The van der Waals surface area contributed by atoms with Gasteiger partial charge in [-0.25, -0.2) is 4.98 Å². The van der Waals surface area contributed by atoms with Crippen molar-refractivity contribution in [2.24, 2.45) is 0 Å². The summed E-state index contributed by atoms with van der Waals surface area (Å²) in [7, 11) is 0. The number of carbonyl (C=O) groups is 2. The number of rotatable bonds is 8. The maximum Gasteiger partial charge on any atom is 0.257 e. The van der Waals surface area contributed by atoms with Crippen LogP contribution < -0.4 is 5.32 Å². The summed E-state index contributed by atoms with van der Waals surface area (Å²) in [6.45, 7) is 3.80. The van der Waals surface area contributed by atoms with Crippen molar-refractivity contribution in [2.45, 2.75) is 24.6 Å². The Kier molecular flexibility index (Phi) is 7.95. The van der Waals surface area contributed by atoms with Crippen LogP contribution in [-0.4, -0.2) is 39.9 Å². The second kappa shape index (κ2) is 10.7. The number of nitrogens with zero attached hydrogens (tertiary/aromatic N) is 3. The zero-order valence-electron chi connectivity index (χ0n) is 16.9. The summed E-state index contributed by atoms with van der Waals surface area (Å²) >= 11 is 13.6. The van der Waals surface area contributed by atoms with Gasteiger partial charge in [-0.15, -0.1) is 0 Å². The fourth-order valence-corrected chi connectivity index (χ4v) is 4.12. The normalized spacial score (nSPS) is 10.7. The Morgan fingerprint density at radius 3 is 2.58 bits per heavy atom. The Labute approximate surface area is 194 Å². The van der Waals surface area contributed by atoms with Crippen molar-refractivity contribution < 1.29 is 14.1 Å². The van der Waals surface area contributed by atoms with Crippen molar-refractivity contribution in [2.75, 3.05) is 18.4 Å². The van der Waals surface area contributed by atoms with Gasteiger partial charge in [0.25, 0.3) is 5.91 Å². The van der Waals surface area contributed by atoms with E-state index in [1.807, 2.05) is 13.0 Å². The van der Waals surface area contributed by atoms with Gasteiger partial charge in [-0.2, -0.15) is 0 Å². The summed E-state index contributed by atoms with van der Waals surface area (Å²) < 4.78 is 5.07. The SMILES string of the molecule is CCN(CC(=O)Nc1c(Cl)cccc1Cl)C(=O)c1cccnc1SCc1cc(C)on1. The van der Waals surface area contributed by atoms with E-state index >= 15 is 0 Å². The average Bonchev–Trinajstić information content (AvgIpc) is 3.18. The van der Waals surface area contributed by atoms with Gasteiger partial charge in [-0.1, -0.05) is 46.2 Å². The summed E-state index contributed by atoms with van der Waals surface area (Å²) in [5.74, 6) is 0.526. The molecule has 2 aromatic heterocycles. The lowest BCUT2D eigenvalue weighted by atomic mass is 10.2. The molecular weight excluding hydrogens is 459 g/mol. The Bertz CT molecular complexity index is 1070. The summed E-state index contributed by atoms with van der Waals surface area (Å²) in [6.07, 6.45) is 1.62. The van der Waals surface area contributed by atoms with Gasteiger partial charge < -0.3 is 14.7 Å². The molecule has 0 bridgehead atoms. The van der Waals surface area contributed by atoms with Crippen LogP contribution in [0.4, 0.5) is 5.69 Å². The van der Waals surface area contributed by atoms with Crippen LogP contribution in [0.3, 0.4) is 0 Å². The van der Waals surface area contributed by atoms with E-state index in [0.29, 0.717) is 38.6 Å². The molecule has 2 heterocycles. The van der Waals surface area contributed by atoms with Crippen molar-refractivity contribution in [3.8, 4) is 0 Å². The quantitative estimate of drug-likeness (QED) is 0.454. The van der Waals surface area contributed by atoms with Crippen LogP contribution in [0.15, 0.2) is 52.1 Å². The highest BCUT2D eigenvalue weighted by molar-refractivity contribution is 7.98. The number of halogens is 2.